The maximum Gasteiger partial charge on any atom is 0.300 e. The van der Waals surface area contributed by atoms with E-state index in [1.54, 1.807) is 55.5 Å². The molecule has 6 nitrogen and oxygen atoms in total. The smallest absolute Gasteiger partial charge is 0.300 e. The summed E-state index contributed by atoms with van der Waals surface area (Å²) in [6.45, 7) is 4.06. The number of anilines is 1. The van der Waals surface area contributed by atoms with Gasteiger partial charge in [0.25, 0.3) is 11.7 Å². The molecule has 0 radical (unpaired) electrons. The topological polar surface area (TPSA) is 80.0 Å². The molecule has 1 amide bonds. The first-order chi connectivity index (χ1) is 17.8. The minimum absolute atomic E-state index is 0.0494. The summed E-state index contributed by atoms with van der Waals surface area (Å²) in [5, 5.41) is 11.9. The van der Waals surface area contributed by atoms with Crippen molar-refractivity contribution in [2.75, 3.05) is 4.90 Å². The van der Waals surface area contributed by atoms with Crippen LogP contribution in [0.15, 0.2) is 95.1 Å². The zero-order valence-electron chi connectivity index (χ0n) is 20.3. The number of rotatable bonds is 6. The summed E-state index contributed by atoms with van der Waals surface area (Å²) in [4.78, 5) is 27.9. The quantitative estimate of drug-likeness (QED) is 0.175. The van der Waals surface area contributed by atoms with Gasteiger partial charge in [-0.3, -0.25) is 14.5 Å². The highest BCUT2D eigenvalue weighted by atomic mass is 35.5. The van der Waals surface area contributed by atoms with E-state index in [1.807, 2.05) is 37.3 Å². The predicted molar refractivity (Wildman–Crippen MR) is 142 cm³/mol. The third kappa shape index (κ3) is 4.63. The number of nitrogens with zero attached hydrogens (tertiary/aromatic N) is 1. The molecule has 1 aliphatic rings. The molecule has 2 heterocycles. The van der Waals surface area contributed by atoms with Crippen molar-refractivity contribution in [3.63, 3.8) is 0 Å². The van der Waals surface area contributed by atoms with Crippen molar-refractivity contribution in [1.82, 2.24) is 0 Å². The summed E-state index contributed by atoms with van der Waals surface area (Å²) < 4.78 is 11.6. The molecule has 186 valence electrons. The van der Waals surface area contributed by atoms with E-state index >= 15 is 0 Å². The molecule has 1 aromatic heterocycles. The number of aryl methyl sites for hydroxylation is 2. The van der Waals surface area contributed by atoms with Crippen LogP contribution in [0.4, 0.5) is 5.69 Å². The van der Waals surface area contributed by atoms with Gasteiger partial charge in [0.2, 0.25) is 0 Å². The third-order valence-electron chi connectivity index (χ3n) is 6.36. The van der Waals surface area contributed by atoms with Gasteiger partial charge in [-0.1, -0.05) is 41.9 Å². The van der Waals surface area contributed by atoms with Gasteiger partial charge in [-0.2, -0.15) is 0 Å². The van der Waals surface area contributed by atoms with Crippen molar-refractivity contribution in [1.29, 1.82) is 0 Å². The van der Waals surface area contributed by atoms with Gasteiger partial charge in [0.1, 0.15) is 29.9 Å². The minimum Gasteiger partial charge on any atom is -0.507 e. The van der Waals surface area contributed by atoms with E-state index < -0.39 is 17.7 Å². The van der Waals surface area contributed by atoms with Crippen molar-refractivity contribution < 1.29 is 23.8 Å². The Morgan fingerprint density at radius 3 is 2.43 bits per heavy atom. The number of hydrogen-bond donors (Lipinski definition) is 1. The van der Waals surface area contributed by atoms with Crippen LogP contribution in [0.25, 0.3) is 5.76 Å². The Balaban J connectivity index is 1.54. The fourth-order valence-corrected chi connectivity index (χ4v) is 4.76. The lowest BCUT2D eigenvalue weighted by molar-refractivity contribution is -0.132. The van der Waals surface area contributed by atoms with Gasteiger partial charge in [-0.05, 0) is 79.1 Å². The van der Waals surface area contributed by atoms with Gasteiger partial charge in [-0.25, -0.2) is 0 Å². The molecule has 0 bridgehead atoms. The molecule has 0 saturated carbocycles. The summed E-state index contributed by atoms with van der Waals surface area (Å²) in [6, 6.07) is 22.4. The van der Waals surface area contributed by atoms with Crippen molar-refractivity contribution in [2.45, 2.75) is 26.5 Å². The van der Waals surface area contributed by atoms with Crippen molar-refractivity contribution >= 4 is 34.7 Å². The van der Waals surface area contributed by atoms with Crippen LogP contribution in [0, 0.1) is 13.8 Å². The normalized spacial score (nSPS) is 16.8. The second-order valence-corrected chi connectivity index (χ2v) is 9.31. The number of aliphatic hydroxyl groups excluding tert-OH is 1. The third-order valence-corrected chi connectivity index (χ3v) is 6.60. The first kappa shape index (κ1) is 24.4. The fraction of sp³-hybridized carbons (Fsp3) is 0.133. The highest BCUT2D eigenvalue weighted by Crippen LogP contribution is 2.43. The minimum atomic E-state index is -0.941. The molecule has 1 unspecified atom stereocenters. The van der Waals surface area contributed by atoms with Crippen molar-refractivity contribution in [3.05, 3.63) is 124 Å². The number of amides is 1. The number of hydrogen-bond acceptors (Lipinski definition) is 5. The number of ketones is 1. The molecule has 7 heteroatoms. The van der Waals surface area contributed by atoms with E-state index in [1.165, 1.54) is 11.2 Å². The molecule has 4 aromatic rings. The van der Waals surface area contributed by atoms with Crippen molar-refractivity contribution in [3.8, 4) is 5.75 Å². The Kier molecular flexibility index (Phi) is 6.59. The number of aliphatic hydroxyl groups is 1. The van der Waals surface area contributed by atoms with Gasteiger partial charge < -0.3 is 14.3 Å². The second kappa shape index (κ2) is 9.99. The van der Waals surface area contributed by atoms with Gasteiger partial charge in [0.15, 0.2) is 0 Å². The molecule has 1 aliphatic heterocycles. The average molecular weight is 514 g/mol. The zero-order valence-corrected chi connectivity index (χ0v) is 21.0. The number of furan rings is 1. The van der Waals surface area contributed by atoms with Crippen LogP contribution < -0.4 is 9.64 Å². The van der Waals surface area contributed by atoms with Crippen LogP contribution in [0.3, 0.4) is 0 Å². The Morgan fingerprint density at radius 2 is 1.76 bits per heavy atom. The summed E-state index contributed by atoms with van der Waals surface area (Å²) in [5.41, 5.74) is 3.37. The molecule has 1 saturated heterocycles. The predicted octanol–water partition coefficient (Wildman–Crippen LogP) is 6.76. The summed E-state index contributed by atoms with van der Waals surface area (Å²) in [6.07, 6.45) is 1.47. The number of ether oxygens (including phenoxy) is 1. The molecular formula is C30H24ClNO5. The van der Waals surface area contributed by atoms with Crippen molar-refractivity contribution in [2.24, 2.45) is 0 Å². The van der Waals surface area contributed by atoms with E-state index in [4.69, 9.17) is 20.8 Å². The van der Waals surface area contributed by atoms with Gasteiger partial charge in [0, 0.05) is 16.3 Å². The Labute approximate surface area is 219 Å². The van der Waals surface area contributed by atoms with Crippen LogP contribution in [0.1, 0.15) is 34.1 Å². The number of carbonyl (C=O) groups excluding carboxylic acids is 2. The highest BCUT2D eigenvalue weighted by Gasteiger charge is 2.48. The SMILES string of the molecule is Cc1cc(/C(O)=C2/C(=O)C(=O)N(c3ccc(Cl)cc3C)C2c2ccco2)ccc1OCc1ccccc1. The number of benzene rings is 3. The lowest BCUT2D eigenvalue weighted by Crippen LogP contribution is -2.29. The first-order valence-corrected chi connectivity index (χ1v) is 12.1. The van der Waals surface area contributed by atoms with Gasteiger partial charge in [-0.15, -0.1) is 0 Å². The summed E-state index contributed by atoms with van der Waals surface area (Å²) in [7, 11) is 0. The van der Waals surface area contributed by atoms with E-state index in [0.29, 0.717) is 40.0 Å². The van der Waals surface area contributed by atoms with E-state index in [-0.39, 0.29) is 11.3 Å². The van der Waals surface area contributed by atoms with Crippen LogP contribution in [0.5, 0.6) is 5.75 Å². The molecule has 1 N–H and O–H groups in total. The number of halogens is 1. The molecule has 0 aliphatic carbocycles. The molecule has 1 atom stereocenters. The molecule has 5 rings (SSSR count). The first-order valence-electron chi connectivity index (χ1n) is 11.7. The number of Topliss-reactive ketones (excluding diaryl/α,β-unsaturated/α-hetero) is 1. The Morgan fingerprint density at radius 1 is 0.973 bits per heavy atom. The highest BCUT2D eigenvalue weighted by molar-refractivity contribution is 6.51. The number of carbonyl (C=O) groups is 2. The van der Waals surface area contributed by atoms with Gasteiger partial charge in [0.05, 0.1) is 11.8 Å². The monoisotopic (exact) mass is 513 g/mol. The summed E-state index contributed by atoms with van der Waals surface area (Å²) >= 11 is 6.12. The molecular weight excluding hydrogens is 490 g/mol. The van der Waals surface area contributed by atoms with E-state index in [9.17, 15) is 14.7 Å². The largest absolute Gasteiger partial charge is 0.507 e. The lowest BCUT2D eigenvalue weighted by atomic mass is 9.98. The standard InChI is InChI=1S/C30H24ClNO5/c1-18-16-22(31)11-12-23(18)32-27(25-9-6-14-36-25)26(29(34)30(32)35)28(33)21-10-13-24(19(2)15-21)37-17-20-7-4-3-5-8-20/h3-16,27,33H,17H2,1-2H3/b28-26-. The van der Waals surface area contributed by atoms with Gasteiger partial charge >= 0.3 is 0 Å². The average Bonchev–Trinajstić information content (AvgIpc) is 3.51. The molecule has 37 heavy (non-hydrogen) atoms. The molecule has 3 aromatic carbocycles. The van der Waals surface area contributed by atoms with Crippen LogP contribution in [-0.2, 0) is 16.2 Å². The zero-order chi connectivity index (χ0) is 26.1. The van der Waals surface area contributed by atoms with E-state index in [0.717, 1.165) is 11.1 Å². The van der Waals surface area contributed by atoms with E-state index in [2.05, 4.69) is 0 Å². The second-order valence-electron chi connectivity index (χ2n) is 8.87. The van der Waals surface area contributed by atoms with Crippen LogP contribution in [-0.4, -0.2) is 16.8 Å². The Hall–Kier alpha value is -4.29. The fourth-order valence-electron chi connectivity index (χ4n) is 4.54. The summed E-state index contributed by atoms with van der Waals surface area (Å²) in [5.74, 6) is -0.829. The van der Waals surface area contributed by atoms with Crippen LogP contribution in [0.2, 0.25) is 5.02 Å². The lowest BCUT2D eigenvalue weighted by Gasteiger charge is -2.25. The maximum atomic E-state index is 13.3. The molecule has 0 spiro atoms. The molecule has 1 fully saturated rings. The van der Waals surface area contributed by atoms with Crippen LogP contribution >= 0.6 is 11.6 Å². The maximum absolute atomic E-state index is 13.3. The Bertz CT molecular complexity index is 1510.